The molecule has 6 nitrogen and oxygen atoms in total. The highest BCUT2D eigenvalue weighted by Crippen LogP contribution is 2.40. The van der Waals surface area contributed by atoms with Crippen molar-refractivity contribution in [2.45, 2.75) is 45.6 Å². The number of ether oxygens (including phenoxy) is 1. The van der Waals surface area contributed by atoms with E-state index in [-0.39, 0.29) is 29.4 Å². The molecule has 0 radical (unpaired) electrons. The van der Waals surface area contributed by atoms with Crippen LogP contribution in [0.1, 0.15) is 43.7 Å². The summed E-state index contributed by atoms with van der Waals surface area (Å²) in [7, 11) is 2.09. The third kappa shape index (κ3) is 4.87. The van der Waals surface area contributed by atoms with Gasteiger partial charge in [-0.05, 0) is 95.1 Å². The van der Waals surface area contributed by atoms with Crippen molar-refractivity contribution in [1.29, 1.82) is 0 Å². The number of benzene rings is 2. The maximum absolute atomic E-state index is 15.0. The number of fused-ring (bicyclic) bond motifs is 1. The summed E-state index contributed by atoms with van der Waals surface area (Å²) in [5.74, 6) is 0.509. The Bertz CT molecular complexity index is 1260. The molecule has 5 rings (SSSR count). The van der Waals surface area contributed by atoms with Crippen LogP contribution < -0.4 is 15.0 Å². The SMILES string of the molecule is Cc1cc(-c2nc(Nc3ccc(C4CCN(C)CC4)c(F)c3)ncc2F)cc2c1OCCN2C(C)C. The molecule has 36 heavy (non-hydrogen) atoms. The van der Waals surface area contributed by atoms with Gasteiger partial charge in [0.05, 0.1) is 18.4 Å². The number of halogens is 2. The van der Waals surface area contributed by atoms with Gasteiger partial charge in [-0.3, -0.25) is 0 Å². The van der Waals surface area contributed by atoms with E-state index in [0.717, 1.165) is 61.2 Å². The highest BCUT2D eigenvalue weighted by Gasteiger charge is 2.25. The minimum atomic E-state index is -0.517. The molecule has 3 aromatic rings. The van der Waals surface area contributed by atoms with Crippen LogP contribution in [0.15, 0.2) is 36.5 Å². The molecule has 0 unspecified atom stereocenters. The Labute approximate surface area is 211 Å². The topological polar surface area (TPSA) is 53.5 Å². The first-order valence-electron chi connectivity index (χ1n) is 12.6. The molecule has 1 fully saturated rings. The number of anilines is 3. The van der Waals surface area contributed by atoms with Crippen molar-refractivity contribution >= 4 is 17.3 Å². The summed E-state index contributed by atoms with van der Waals surface area (Å²) in [4.78, 5) is 13.1. The van der Waals surface area contributed by atoms with Crippen molar-refractivity contribution in [1.82, 2.24) is 14.9 Å². The van der Waals surface area contributed by atoms with Gasteiger partial charge in [0.1, 0.15) is 23.9 Å². The molecule has 2 aliphatic heterocycles. The number of hydrogen-bond acceptors (Lipinski definition) is 6. The predicted octanol–water partition coefficient (Wildman–Crippen LogP) is 5.89. The summed E-state index contributed by atoms with van der Waals surface area (Å²) in [5, 5.41) is 3.05. The first kappa shape index (κ1) is 24.4. The third-order valence-electron chi connectivity index (χ3n) is 7.20. The van der Waals surface area contributed by atoms with E-state index in [4.69, 9.17) is 4.74 Å². The Morgan fingerprint density at radius 1 is 1.06 bits per heavy atom. The Hall–Kier alpha value is -3.26. The number of aromatic nitrogens is 2. The molecule has 2 aromatic carbocycles. The lowest BCUT2D eigenvalue weighted by molar-refractivity contribution is 0.253. The van der Waals surface area contributed by atoms with Gasteiger partial charge in [0.15, 0.2) is 5.82 Å². The quantitative estimate of drug-likeness (QED) is 0.478. The lowest BCUT2D eigenvalue weighted by Gasteiger charge is -2.35. The van der Waals surface area contributed by atoms with Gasteiger partial charge >= 0.3 is 0 Å². The van der Waals surface area contributed by atoms with Crippen molar-refractivity contribution < 1.29 is 13.5 Å². The minimum Gasteiger partial charge on any atom is -0.489 e. The first-order valence-corrected chi connectivity index (χ1v) is 12.6. The fourth-order valence-corrected chi connectivity index (χ4v) is 5.21. The number of aryl methyl sites for hydroxylation is 1. The van der Waals surface area contributed by atoms with Crippen molar-refractivity contribution in [2.24, 2.45) is 0 Å². The Balaban J connectivity index is 1.41. The lowest BCUT2D eigenvalue weighted by Crippen LogP contribution is -2.38. The van der Waals surface area contributed by atoms with Crippen LogP contribution in [0.3, 0.4) is 0 Å². The van der Waals surface area contributed by atoms with Crippen molar-refractivity contribution in [3.8, 4) is 17.0 Å². The van der Waals surface area contributed by atoms with E-state index in [1.54, 1.807) is 0 Å². The van der Waals surface area contributed by atoms with E-state index in [0.29, 0.717) is 17.9 Å². The van der Waals surface area contributed by atoms with Crippen molar-refractivity contribution in [2.75, 3.05) is 43.5 Å². The molecule has 190 valence electrons. The van der Waals surface area contributed by atoms with Crippen LogP contribution >= 0.6 is 0 Å². The van der Waals surface area contributed by atoms with Crippen molar-refractivity contribution in [3.05, 3.63) is 59.3 Å². The maximum Gasteiger partial charge on any atom is 0.227 e. The summed E-state index contributed by atoms with van der Waals surface area (Å²) in [6.45, 7) is 9.54. The third-order valence-corrected chi connectivity index (χ3v) is 7.20. The molecule has 0 aliphatic carbocycles. The number of rotatable bonds is 5. The number of nitrogens with one attached hydrogen (secondary N) is 1. The molecule has 0 amide bonds. The van der Waals surface area contributed by atoms with Gasteiger partial charge in [-0.1, -0.05) is 6.07 Å². The summed E-state index contributed by atoms with van der Waals surface area (Å²) in [5.41, 5.74) is 3.97. The smallest absolute Gasteiger partial charge is 0.227 e. The number of piperidine rings is 1. The van der Waals surface area contributed by atoms with Gasteiger partial charge in [0, 0.05) is 17.3 Å². The summed E-state index contributed by atoms with van der Waals surface area (Å²) in [6.07, 6.45) is 3.05. The van der Waals surface area contributed by atoms with E-state index in [1.165, 1.54) is 6.07 Å². The Kier molecular flexibility index (Phi) is 6.79. The van der Waals surface area contributed by atoms with E-state index in [1.807, 2.05) is 31.2 Å². The normalized spacial score (nSPS) is 16.7. The predicted molar refractivity (Wildman–Crippen MR) is 139 cm³/mol. The molecule has 1 N–H and O–H groups in total. The summed E-state index contributed by atoms with van der Waals surface area (Å²) in [6, 6.07) is 9.24. The van der Waals surface area contributed by atoms with Crippen LogP contribution in [0.4, 0.5) is 26.1 Å². The fourth-order valence-electron chi connectivity index (χ4n) is 5.21. The van der Waals surface area contributed by atoms with Crippen LogP contribution in [-0.4, -0.2) is 54.2 Å². The number of nitrogens with zero attached hydrogens (tertiary/aromatic N) is 4. The van der Waals surface area contributed by atoms with Crippen molar-refractivity contribution in [3.63, 3.8) is 0 Å². The van der Waals surface area contributed by atoms with Crippen LogP contribution in [0.25, 0.3) is 11.3 Å². The van der Waals surface area contributed by atoms with Crippen LogP contribution in [-0.2, 0) is 0 Å². The van der Waals surface area contributed by atoms with Gasteiger partial charge in [-0.25, -0.2) is 18.7 Å². The lowest BCUT2D eigenvalue weighted by atomic mass is 9.89. The van der Waals surface area contributed by atoms with Gasteiger partial charge in [0.25, 0.3) is 0 Å². The molecule has 1 saturated heterocycles. The zero-order valence-electron chi connectivity index (χ0n) is 21.3. The van der Waals surface area contributed by atoms with Gasteiger partial charge < -0.3 is 19.9 Å². The molecular weight excluding hydrogens is 460 g/mol. The average molecular weight is 494 g/mol. The van der Waals surface area contributed by atoms with Gasteiger partial charge in [-0.2, -0.15) is 0 Å². The number of hydrogen-bond donors (Lipinski definition) is 1. The molecule has 1 aromatic heterocycles. The van der Waals surface area contributed by atoms with Crippen LogP contribution in [0.5, 0.6) is 5.75 Å². The monoisotopic (exact) mass is 493 g/mol. The molecule has 3 heterocycles. The highest BCUT2D eigenvalue weighted by atomic mass is 19.1. The molecule has 8 heteroatoms. The second kappa shape index (κ2) is 10.0. The first-order chi connectivity index (χ1) is 17.3. The fraction of sp³-hybridized carbons (Fsp3) is 0.429. The number of likely N-dealkylation sites (tertiary alicyclic amines) is 1. The van der Waals surface area contributed by atoms with Gasteiger partial charge in [-0.15, -0.1) is 0 Å². The van der Waals surface area contributed by atoms with Crippen LogP contribution in [0.2, 0.25) is 0 Å². The molecule has 0 atom stereocenters. The summed E-state index contributed by atoms with van der Waals surface area (Å²) >= 11 is 0. The molecular formula is C28H33F2N5O. The molecule has 0 spiro atoms. The summed E-state index contributed by atoms with van der Waals surface area (Å²) < 4.78 is 35.8. The van der Waals surface area contributed by atoms with E-state index >= 15 is 0 Å². The molecule has 0 saturated carbocycles. The Morgan fingerprint density at radius 2 is 1.83 bits per heavy atom. The zero-order valence-corrected chi connectivity index (χ0v) is 21.3. The van der Waals surface area contributed by atoms with E-state index in [9.17, 15) is 8.78 Å². The second-order valence-electron chi connectivity index (χ2n) is 10.1. The second-order valence-corrected chi connectivity index (χ2v) is 10.1. The van der Waals surface area contributed by atoms with Crippen LogP contribution in [0, 0.1) is 18.6 Å². The maximum atomic E-state index is 15.0. The van der Waals surface area contributed by atoms with E-state index < -0.39 is 5.82 Å². The largest absolute Gasteiger partial charge is 0.489 e. The average Bonchev–Trinajstić information content (AvgIpc) is 2.85. The van der Waals surface area contributed by atoms with E-state index in [2.05, 4.69) is 46.0 Å². The standard InChI is InChI=1S/C28H33F2N5O/c1-17(2)35-11-12-36-27-18(3)13-20(14-25(27)35)26-24(30)16-31-28(33-26)32-21-5-6-22(23(29)15-21)19-7-9-34(4)10-8-19/h5-6,13-17,19H,7-12H2,1-4H3,(H,31,32,33). The zero-order chi connectivity index (χ0) is 25.4. The molecule has 0 bridgehead atoms. The Morgan fingerprint density at radius 3 is 2.56 bits per heavy atom. The minimum absolute atomic E-state index is 0.191. The van der Waals surface area contributed by atoms with Gasteiger partial charge in [0.2, 0.25) is 5.95 Å². The molecule has 2 aliphatic rings. The highest BCUT2D eigenvalue weighted by molar-refractivity contribution is 5.75.